The van der Waals surface area contributed by atoms with Crippen molar-refractivity contribution in [3.8, 4) is 0 Å². The van der Waals surface area contributed by atoms with Crippen LogP contribution >= 0.6 is 23.2 Å². The van der Waals surface area contributed by atoms with Crippen molar-refractivity contribution in [1.82, 2.24) is 0 Å². The number of nitrogens with zero attached hydrogens (tertiary/aromatic N) is 1. The van der Waals surface area contributed by atoms with Gasteiger partial charge in [0.2, 0.25) is 6.04 Å². The van der Waals surface area contributed by atoms with Crippen molar-refractivity contribution < 1.29 is 14.2 Å². The first kappa shape index (κ1) is 16.5. The van der Waals surface area contributed by atoms with Crippen molar-refractivity contribution in [2.75, 3.05) is 5.32 Å². The molecular formula is C16H15Cl2N2O2+. The van der Waals surface area contributed by atoms with Crippen molar-refractivity contribution in [2.45, 2.75) is 19.9 Å². The first-order valence-electron chi connectivity index (χ1n) is 6.65. The Kier molecular flexibility index (Phi) is 5.16. The number of rotatable bonds is 4. The number of hydrogen-bond donors (Lipinski definition) is 1. The standard InChI is InChI=1S/C16H14Cl2N2O2/c1-10(20-5-3-4-12(9-20)11(2)21)16(22)19-15-7-13(17)6-14(18)8-15/h3-10H,1-2H3/p+1/t10-/m1/s1. The highest BCUT2D eigenvalue weighted by molar-refractivity contribution is 6.35. The fourth-order valence-electron chi connectivity index (χ4n) is 1.95. The van der Waals surface area contributed by atoms with E-state index < -0.39 is 6.04 Å². The number of nitrogens with one attached hydrogen (secondary N) is 1. The van der Waals surface area contributed by atoms with Crippen LogP contribution in [0.2, 0.25) is 10.0 Å². The SMILES string of the molecule is CC(=O)c1ccc[n+]([C@H](C)C(=O)Nc2cc(Cl)cc(Cl)c2)c1. The molecule has 114 valence electrons. The predicted octanol–water partition coefficient (Wildman–Crippen LogP) is 3.68. The lowest BCUT2D eigenvalue weighted by atomic mass is 10.2. The number of aromatic nitrogens is 1. The molecule has 22 heavy (non-hydrogen) atoms. The van der Waals surface area contributed by atoms with Gasteiger partial charge in [0, 0.05) is 28.7 Å². The van der Waals surface area contributed by atoms with Crippen LogP contribution < -0.4 is 9.88 Å². The van der Waals surface area contributed by atoms with Crippen LogP contribution in [-0.4, -0.2) is 11.7 Å². The number of pyridine rings is 1. The molecule has 0 aliphatic rings. The topological polar surface area (TPSA) is 50.0 Å². The quantitative estimate of drug-likeness (QED) is 0.683. The molecule has 1 N–H and O–H groups in total. The Hall–Kier alpha value is -1.91. The van der Waals surface area contributed by atoms with Gasteiger partial charge >= 0.3 is 0 Å². The molecule has 0 fully saturated rings. The lowest BCUT2D eigenvalue weighted by Crippen LogP contribution is -2.44. The first-order valence-corrected chi connectivity index (χ1v) is 7.41. The molecule has 1 aromatic heterocycles. The summed E-state index contributed by atoms with van der Waals surface area (Å²) in [5.74, 6) is -0.285. The summed E-state index contributed by atoms with van der Waals surface area (Å²) in [5, 5.41) is 3.65. The summed E-state index contributed by atoms with van der Waals surface area (Å²) in [6.45, 7) is 3.23. The fourth-order valence-corrected chi connectivity index (χ4v) is 2.48. The van der Waals surface area contributed by atoms with Gasteiger partial charge in [-0.25, -0.2) is 0 Å². The van der Waals surface area contributed by atoms with E-state index in [0.29, 0.717) is 21.3 Å². The lowest BCUT2D eigenvalue weighted by Gasteiger charge is -2.10. The van der Waals surface area contributed by atoms with E-state index in [9.17, 15) is 9.59 Å². The van der Waals surface area contributed by atoms with Crippen molar-refractivity contribution in [3.05, 3.63) is 58.3 Å². The number of carbonyl (C=O) groups is 2. The molecule has 0 bridgehead atoms. The van der Waals surface area contributed by atoms with E-state index in [1.165, 1.54) is 6.92 Å². The summed E-state index contributed by atoms with van der Waals surface area (Å²) in [7, 11) is 0. The van der Waals surface area contributed by atoms with Gasteiger partial charge in [-0.05, 0) is 31.2 Å². The van der Waals surface area contributed by atoms with Crippen LogP contribution in [0.1, 0.15) is 30.2 Å². The fraction of sp³-hybridized carbons (Fsp3) is 0.188. The Balaban J connectivity index is 2.18. The van der Waals surface area contributed by atoms with Crippen molar-refractivity contribution >= 4 is 40.6 Å². The first-order chi connectivity index (χ1) is 10.4. The Bertz CT molecular complexity index is 712. The number of carbonyl (C=O) groups excluding carboxylic acids is 2. The third kappa shape index (κ3) is 4.06. The van der Waals surface area contributed by atoms with Gasteiger partial charge in [0.25, 0.3) is 5.91 Å². The van der Waals surface area contributed by atoms with E-state index in [1.54, 1.807) is 54.2 Å². The van der Waals surface area contributed by atoms with Gasteiger partial charge in [-0.15, -0.1) is 0 Å². The van der Waals surface area contributed by atoms with Gasteiger partial charge in [0.1, 0.15) is 0 Å². The van der Waals surface area contributed by atoms with Gasteiger partial charge in [0.05, 0.1) is 5.56 Å². The molecule has 1 heterocycles. The van der Waals surface area contributed by atoms with E-state index in [4.69, 9.17) is 23.2 Å². The van der Waals surface area contributed by atoms with E-state index in [-0.39, 0.29) is 11.7 Å². The van der Waals surface area contributed by atoms with Gasteiger partial charge in [-0.2, -0.15) is 4.57 Å². The maximum Gasteiger partial charge on any atom is 0.293 e. The van der Waals surface area contributed by atoms with E-state index in [0.717, 1.165) is 0 Å². The minimum Gasteiger partial charge on any atom is -0.320 e. The molecule has 1 amide bonds. The van der Waals surface area contributed by atoms with E-state index in [1.807, 2.05) is 0 Å². The third-order valence-electron chi connectivity index (χ3n) is 3.19. The zero-order valence-corrected chi connectivity index (χ0v) is 13.7. The van der Waals surface area contributed by atoms with Crippen LogP contribution in [0, 0.1) is 0 Å². The molecule has 0 spiro atoms. The van der Waals surface area contributed by atoms with Crippen LogP contribution in [0.5, 0.6) is 0 Å². The molecule has 0 saturated carbocycles. The van der Waals surface area contributed by atoms with Crippen LogP contribution in [0.25, 0.3) is 0 Å². The zero-order chi connectivity index (χ0) is 16.3. The molecule has 2 rings (SSSR count). The molecule has 0 unspecified atom stereocenters. The molecular weight excluding hydrogens is 323 g/mol. The molecule has 1 atom stereocenters. The maximum atomic E-state index is 12.3. The molecule has 0 aliphatic carbocycles. The molecule has 6 heteroatoms. The summed E-state index contributed by atoms with van der Waals surface area (Å²) in [5.41, 5.74) is 1.07. The predicted molar refractivity (Wildman–Crippen MR) is 86.4 cm³/mol. The molecule has 0 radical (unpaired) electrons. The number of halogens is 2. The van der Waals surface area contributed by atoms with Gasteiger partial charge in [-0.3, -0.25) is 9.59 Å². The number of anilines is 1. The monoisotopic (exact) mass is 337 g/mol. The second kappa shape index (κ2) is 6.90. The number of ketones is 1. The highest BCUT2D eigenvalue weighted by Crippen LogP contribution is 2.22. The molecule has 0 saturated heterocycles. The molecule has 2 aromatic rings. The summed E-state index contributed by atoms with van der Waals surface area (Å²) in [6, 6.07) is 7.78. The molecule has 4 nitrogen and oxygen atoms in total. The summed E-state index contributed by atoms with van der Waals surface area (Å²) < 4.78 is 1.68. The van der Waals surface area contributed by atoms with Gasteiger partial charge < -0.3 is 5.32 Å². The number of amides is 1. The van der Waals surface area contributed by atoms with Crippen molar-refractivity contribution in [1.29, 1.82) is 0 Å². The second-order valence-corrected chi connectivity index (χ2v) is 5.79. The smallest absolute Gasteiger partial charge is 0.293 e. The highest BCUT2D eigenvalue weighted by atomic mass is 35.5. The number of Topliss-reactive ketones (excluding diaryl/α,β-unsaturated/α-hetero) is 1. The highest BCUT2D eigenvalue weighted by Gasteiger charge is 2.23. The van der Waals surface area contributed by atoms with Crippen LogP contribution in [-0.2, 0) is 4.79 Å². The normalized spacial score (nSPS) is 11.8. The van der Waals surface area contributed by atoms with E-state index >= 15 is 0 Å². The van der Waals surface area contributed by atoms with E-state index in [2.05, 4.69) is 5.32 Å². The van der Waals surface area contributed by atoms with Crippen molar-refractivity contribution in [2.24, 2.45) is 0 Å². The Morgan fingerprint density at radius 1 is 1.18 bits per heavy atom. The minimum atomic E-state index is -0.489. The van der Waals surface area contributed by atoms with Crippen LogP contribution in [0.4, 0.5) is 5.69 Å². The maximum absolute atomic E-state index is 12.3. The third-order valence-corrected chi connectivity index (χ3v) is 3.62. The Morgan fingerprint density at radius 2 is 1.82 bits per heavy atom. The summed E-state index contributed by atoms with van der Waals surface area (Å²) in [4.78, 5) is 23.7. The molecule has 1 aromatic carbocycles. The lowest BCUT2D eigenvalue weighted by molar-refractivity contribution is -0.705. The number of hydrogen-bond acceptors (Lipinski definition) is 2. The molecule has 0 aliphatic heterocycles. The zero-order valence-electron chi connectivity index (χ0n) is 12.1. The Labute approximate surface area is 138 Å². The van der Waals surface area contributed by atoms with Crippen molar-refractivity contribution in [3.63, 3.8) is 0 Å². The largest absolute Gasteiger partial charge is 0.320 e. The van der Waals surface area contributed by atoms with Gasteiger partial charge in [0.15, 0.2) is 18.2 Å². The second-order valence-electron chi connectivity index (χ2n) is 4.92. The summed E-state index contributed by atoms with van der Waals surface area (Å²) >= 11 is 11.8. The minimum absolute atomic E-state index is 0.0522. The Morgan fingerprint density at radius 3 is 2.41 bits per heavy atom. The average molecular weight is 338 g/mol. The number of benzene rings is 1. The van der Waals surface area contributed by atoms with Gasteiger partial charge in [-0.1, -0.05) is 23.2 Å². The van der Waals surface area contributed by atoms with Crippen LogP contribution in [0.15, 0.2) is 42.7 Å². The summed E-state index contributed by atoms with van der Waals surface area (Å²) in [6.07, 6.45) is 3.39. The average Bonchev–Trinajstić information content (AvgIpc) is 2.45. The van der Waals surface area contributed by atoms with Crippen LogP contribution in [0.3, 0.4) is 0 Å².